The minimum atomic E-state index is 0.0399. The standard InChI is InChI=1S/C21H32N4O3/c1-3-18(28-2)14-23-19-7-6-17(13-22-19)21(27)24-11-8-16(9-12-24)15-25-10-4-5-20(25)26/h6-7,13,16,18H,3-5,8-12,14-15H2,1-2H3,(H,22,23)/t18-/m0/s1. The number of nitrogens with zero attached hydrogens (tertiary/aromatic N) is 3. The molecule has 3 heterocycles. The molecular weight excluding hydrogens is 356 g/mol. The minimum absolute atomic E-state index is 0.0399. The monoisotopic (exact) mass is 388 g/mol. The maximum atomic E-state index is 12.8. The molecule has 1 atom stereocenters. The topological polar surface area (TPSA) is 74.8 Å². The van der Waals surface area contributed by atoms with Gasteiger partial charge in [-0.25, -0.2) is 4.98 Å². The Hall–Kier alpha value is -2.15. The van der Waals surface area contributed by atoms with Gasteiger partial charge in [-0.3, -0.25) is 9.59 Å². The molecule has 28 heavy (non-hydrogen) atoms. The fraction of sp³-hybridized carbons (Fsp3) is 0.667. The van der Waals surface area contributed by atoms with Crippen LogP contribution in [0.25, 0.3) is 0 Å². The van der Waals surface area contributed by atoms with Crippen molar-refractivity contribution in [2.75, 3.05) is 45.2 Å². The van der Waals surface area contributed by atoms with E-state index in [9.17, 15) is 9.59 Å². The first-order valence-electron chi connectivity index (χ1n) is 10.4. The van der Waals surface area contributed by atoms with E-state index in [0.29, 0.717) is 24.4 Å². The number of methoxy groups -OCH3 is 1. The summed E-state index contributed by atoms with van der Waals surface area (Å²) in [7, 11) is 1.71. The highest BCUT2D eigenvalue weighted by Gasteiger charge is 2.28. The largest absolute Gasteiger partial charge is 0.380 e. The summed E-state index contributed by atoms with van der Waals surface area (Å²) in [6.45, 7) is 6.02. The number of anilines is 1. The molecule has 2 saturated heterocycles. The van der Waals surface area contributed by atoms with Crippen molar-refractivity contribution < 1.29 is 14.3 Å². The molecule has 2 aliphatic heterocycles. The summed E-state index contributed by atoms with van der Waals surface area (Å²) >= 11 is 0. The fourth-order valence-corrected chi connectivity index (χ4v) is 3.95. The third kappa shape index (κ3) is 5.22. The lowest BCUT2D eigenvalue weighted by atomic mass is 9.96. The Morgan fingerprint density at radius 1 is 1.32 bits per heavy atom. The number of likely N-dealkylation sites (tertiary alicyclic amines) is 2. The summed E-state index contributed by atoms with van der Waals surface area (Å²) < 4.78 is 5.35. The molecule has 3 rings (SSSR count). The summed E-state index contributed by atoms with van der Waals surface area (Å²) in [6, 6.07) is 3.68. The van der Waals surface area contributed by atoms with Gasteiger partial charge in [-0.05, 0) is 43.7 Å². The van der Waals surface area contributed by atoms with Gasteiger partial charge in [-0.15, -0.1) is 0 Å². The van der Waals surface area contributed by atoms with Crippen molar-refractivity contribution in [3.8, 4) is 0 Å². The van der Waals surface area contributed by atoms with Crippen LogP contribution in [0.3, 0.4) is 0 Å². The van der Waals surface area contributed by atoms with Crippen molar-refractivity contribution in [2.24, 2.45) is 5.92 Å². The van der Waals surface area contributed by atoms with Gasteiger partial charge in [-0.2, -0.15) is 0 Å². The van der Waals surface area contributed by atoms with Gasteiger partial charge in [0.05, 0.1) is 11.7 Å². The van der Waals surface area contributed by atoms with E-state index < -0.39 is 0 Å². The normalized spacial score (nSPS) is 19.1. The Labute approximate surface area is 167 Å². The first-order valence-corrected chi connectivity index (χ1v) is 10.4. The van der Waals surface area contributed by atoms with Crippen LogP contribution < -0.4 is 5.32 Å². The number of piperidine rings is 1. The molecule has 7 nitrogen and oxygen atoms in total. The van der Waals surface area contributed by atoms with E-state index in [4.69, 9.17) is 4.74 Å². The maximum Gasteiger partial charge on any atom is 0.255 e. The molecule has 0 unspecified atom stereocenters. The number of carbonyl (C=O) groups is 2. The summed E-state index contributed by atoms with van der Waals surface area (Å²) in [5, 5.41) is 3.24. The molecule has 0 aliphatic carbocycles. The zero-order valence-electron chi connectivity index (χ0n) is 17.0. The molecule has 2 fully saturated rings. The number of ether oxygens (including phenoxy) is 1. The fourth-order valence-electron chi connectivity index (χ4n) is 3.95. The summed E-state index contributed by atoms with van der Waals surface area (Å²) in [6.07, 6.45) is 6.32. The molecule has 1 aromatic rings. The number of aromatic nitrogens is 1. The van der Waals surface area contributed by atoms with Crippen molar-refractivity contribution in [1.82, 2.24) is 14.8 Å². The Morgan fingerprint density at radius 2 is 2.11 bits per heavy atom. The highest BCUT2D eigenvalue weighted by Crippen LogP contribution is 2.22. The number of nitrogens with one attached hydrogen (secondary N) is 1. The smallest absolute Gasteiger partial charge is 0.255 e. The van der Waals surface area contributed by atoms with Gasteiger partial charge in [0, 0.05) is 52.5 Å². The number of rotatable bonds is 8. The van der Waals surface area contributed by atoms with Crippen LogP contribution in [0.1, 0.15) is 49.4 Å². The van der Waals surface area contributed by atoms with E-state index in [0.717, 1.165) is 57.7 Å². The third-order valence-electron chi connectivity index (χ3n) is 5.86. The Balaban J connectivity index is 1.46. The van der Waals surface area contributed by atoms with E-state index in [-0.39, 0.29) is 17.9 Å². The summed E-state index contributed by atoms with van der Waals surface area (Å²) in [5.74, 6) is 1.58. The van der Waals surface area contributed by atoms with Crippen LogP contribution in [0.5, 0.6) is 0 Å². The maximum absolute atomic E-state index is 12.8. The van der Waals surface area contributed by atoms with E-state index in [1.54, 1.807) is 13.3 Å². The van der Waals surface area contributed by atoms with Crippen molar-refractivity contribution in [1.29, 1.82) is 0 Å². The summed E-state index contributed by atoms with van der Waals surface area (Å²) in [5.41, 5.74) is 0.623. The molecule has 0 aromatic carbocycles. The molecule has 1 aromatic heterocycles. The lowest BCUT2D eigenvalue weighted by Gasteiger charge is -2.34. The second kappa shape index (κ2) is 9.87. The van der Waals surface area contributed by atoms with Crippen molar-refractivity contribution in [2.45, 2.75) is 45.1 Å². The van der Waals surface area contributed by atoms with Crippen LogP contribution >= 0.6 is 0 Å². The van der Waals surface area contributed by atoms with E-state index >= 15 is 0 Å². The van der Waals surface area contributed by atoms with Gasteiger partial charge in [-0.1, -0.05) is 6.92 Å². The number of carbonyl (C=O) groups excluding carboxylic acids is 2. The SMILES string of the molecule is CC[C@@H](CNc1ccc(C(=O)N2CCC(CN3CCCC3=O)CC2)cn1)OC. The van der Waals surface area contributed by atoms with Crippen LogP contribution in [-0.2, 0) is 9.53 Å². The molecule has 2 aliphatic rings. The molecule has 0 bridgehead atoms. The molecule has 154 valence electrons. The quantitative estimate of drug-likeness (QED) is 0.740. The average molecular weight is 389 g/mol. The Bertz CT molecular complexity index is 652. The van der Waals surface area contributed by atoms with E-state index in [2.05, 4.69) is 17.2 Å². The van der Waals surface area contributed by atoms with E-state index in [1.807, 2.05) is 21.9 Å². The van der Waals surface area contributed by atoms with Crippen LogP contribution in [0.15, 0.2) is 18.3 Å². The zero-order chi connectivity index (χ0) is 19.9. The second-order valence-corrected chi connectivity index (χ2v) is 7.76. The lowest BCUT2D eigenvalue weighted by molar-refractivity contribution is -0.128. The van der Waals surface area contributed by atoms with Crippen molar-refractivity contribution >= 4 is 17.6 Å². The Morgan fingerprint density at radius 3 is 2.68 bits per heavy atom. The molecule has 0 spiro atoms. The first kappa shape index (κ1) is 20.6. The second-order valence-electron chi connectivity index (χ2n) is 7.76. The third-order valence-corrected chi connectivity index (χ3v) is 5.86. The number of hydrogen-bond acceptors (Lipinski definition) is 5. The first-order chi connectivity index (χ1) is 13.6. The van der Waals surface area contributed by atoms with Gasteiger partial charge in [0.1, 0.15) is 5.82 Å². The van der Waals surface area contributed by atoms with Gasteiger partial charge < -0.3 is 19.9 Å². The number of amides is 2. The van der Waals surface area contributed by atoms with Crippen molar-refractivity contribution in [3.63, 3.8) is 0 Å². The van der Waals surface area contributed by atoms with Gasteiger partial charge >= 0.3 is 0 Å². The van der Waals surface area contributed by atoms with E-state index in [1.165, 1.54) is 0 Å². The zero-order valence-corrected chi connectivity index (χ0v) is 17.0. The molecule has 1 N–H and O–H groups in total. The summed E-state index contributed by atoms with van der Waals surface area (Å²) in [4.78, 5) is 32.8. The Kier molecular flexibility index (Phi) is 7.25. The number of hydrogen-bond donors (Lipinski definition) is 1. The van der Waals surface area contributed by atoms with Crippen LogP contribution in [-0.4, -0.2) is 72.5 Å². The highest BCUT2D eigenvalue weighted by atomic mass is 16.5. The van der Waals surface area contributed by atoms with Crippen molar-refractivity contribution in [3.05, 3.63) is 23.9 Å². The van der Waals surface area contributed by atoms with Gasteiger partial charge in [0.15, 0.2) is 0 Å². The molecule has 2 amide bonds. The van der Waals surface area contributed by atoms with Gasteiger partial charge in [0.25, 0.3) is 5.91 Å². The van der Waals surface area contributed by atoms with Crippen LogP contribution in [0, 0.1) is 5.92 Å². The lowest BCUT2D eigenvalue weighted by Crippen LogP contribution is -2.41. The molecule has 7 heteroatoms. The van der Waals surface area contributed by atoms with Crippen LogP contribution in [0.2, 0.25) is 0 Å². The highest BCUT2D eigenvalue weighted by molar-refractivity contribution is 5.94. The predicted molar refractivity (Wildman–Crippen MR) is 108 cm³/mol. The number of pyridine rings is 1. The predicted octanol–water partition coefficient (Wildman–Crippen LogP) is 2.39. The molecule has 0 radical (unpaired) electrons. The minimum Gasteiger partial charge on any atom is -0.380 e. The van der Waals surface area contributed by atoms with Crippen LogP contribution in [0.4, 0.5) is 5.82 Å². The average Bonchev–Trinajstić information content (AvgIpc) is 3.14. The molecule has 0 saturated carbocycles. The molecular formula is C21H32N4O3. The van der Waals surface area contributed by atoms with Gasteiger partial charge in [0.2, 0.25) is 5.91 Å².